The molecule has 0 spiro atoms. The summed E-state index contributed by atoms with van der Waals surface area (Å²) in [4.78, 5) is 0. The van der Waals surface area contributed by atoms with Gasteiger partial charge in [0.05, 0.1) is 0 Å². The predicted octanol–water partition coefficient (Wildman–Crippen LogP) is 2.19. The quantitative estimate of drug-likeness (QED) is 0.677. The molecular formula is C5H4ClF2N2S. The van der Waals surface area contributed by atoms with E-state index in [1.54, 1.807) is 0 Å². The molecule has 6 heteroatoms. The smallest absolute Gasteiger partial charge is 0.260 e. The fourth-order valence-electron chi connectivity index (χ4n) is 0.567. The van der Waals surface area contributed by atoms with Crippen molar-refractivity contribution in [2.45, 2.75) is 10.8 Å². The van der Waals surface area contributed by atoms with Gasteiger partial charge in [0.25, 0.3) is 5.76 Å². The molecule has 0 aliphatic carbocycles. The molecule has 0 N–H and O–H groups in total. The van der Waals surface area contributed by atoms with Crippen LogP contribution in [0, 0.1) is 6.20 Å². The Morgan fingerprint density at radius 2 is 2.36 bits per heavy atom. The molecule has 0 unspecified atom stereocenters. The largest absolute Gasteiger partial charge is 0.290 e. The summed E-state index contributed by atoms with van der Waals surface area (Å²) in [5.41, 5.74) is 0. The van der Waals surface area contributed by atoms with Gasteiger partial charge in [-0.3, -0.25) is 4.68 Å². The van der Waals surface area contributed by atoms with Crippen LogP contribution in [0.15, 0.2) is 5.03 Å². The van der Waals surface area contributed by atoms with E-state index < -0.39 is 5.76 Å². The summed E-state index contributed by atoms with van der Waals surface area (Å²) in [7, 11) is 1.53. The van der Waals surface area contributed by atoms with Gasteiger partial charge in [-0.2, -0.15) is 13.9 Å². The summed E-state index contributed by atoms with van der Waals surface area (Å²) >= 11 is 5.86. The van der Waals surface area contributed by atoms with Crippen LogP contribution in [0.1, 0.15) is 0 Å². The minimum atomic E-state index is -2.48. The van der Waals surface area contributed by atoms with Gasteiger partial charge in [0.2, 0.25) is 0 Å². The van der Waals surface area contributed by atoms with E-state index >= 15 is 0 Å². The lowest BCUT2D eigenvalue weighted by Crippen LogP contribution is -1.94. The summed E-state index contributed by atoms with van der Waals surface area (Å²) < 4.78 is 24.9. The molecule has 61 valence electrons. The first-order valence-corrected chi connectivity index (χ1v) is 3.92. The minimum absolute atomic E-state index is 0.137. The number of aromatic nitrogens is 2. The first kappa shape index (κ1) is 8.80. The standard InChI is InChI=1S/C5H4ClF2N2S/c1-10-4(11-5(7)8)3(6)2-9-10/h5H,1H3. The van der Waals surface area contributed by atoms with E-state index in [2.05, 4.69) is 11.3 Å². The molecular weight excluding hydrogens is 194 g/mol. The predicted molar refractivity (Wildman–Crippen MR) is 38.9 cm³/mol. The van der Waals surface area contributed by atoms with Gasteiger partial charge in [-0.05, 0) is 11.8 Å². The highest BCUT2D eigenvalue weighted by atomic mass is 35.5. The molecule has 0 saturated carbocycles. The van der Waals surface area contributed by atoms with E-state index in [0.717, 1.165) is 0 Å². The molecule has 0 aliphatic heterocycles. The molecule has 11 heavy (non-hydrogen) atoms. The van der Waals surface area contributed by atoms with Crippen LogP contribution in [-0.4, -0.2) is 15.5 Å². The Morgan fingerprint density at radius 1 is 1.73 bits per heavy atom. The highest BCUT2D eigenvalue weighted by Gasteiger charge is 2.13. The maximum atomic E-state index is 11.8. The molecule has 0 aliphatic rings. The minimum Gasteiger partial charge on any atom is -0.260 e. The number of alkyl halides is 2. The summed E-state index contributed by atoms with van der Waals surface area (Å²) in [6, 6.07) is 0. The van der Waals surface area contributed by atoms with Gasteiger partial charge < -0.3 is 0 Å². The lowest BCUT2D eigenvalue weighted by molar-refractivity contribution is 0.251. The van der Waals surface area contributed by atoms with Crippen molar-refractivity contribution in [1.82, 2.24) is 9.78 Å². The molecule has 0 bridgehead atoms. The van der Waals surface area contributed by atoms with Crippen molar-refractivity contribution in [3.63, 3.8) is 0 Å². The Morgan fingerprint density at radius 3 is 2.73 bits per heavy atom. The summed E-state index contributed by atoms with van der Waals surface area (Å²) in [6.07, 6.45) is 2.37. The van der Waals surface area contributed by atoms with Gasteiger partial charge in [-0.15, -0.1) is 0 Å². The molecule has 0 fully saturated rings. The third-order valence-corrected chi connectivity index (χ3v) is 2.23. The van der Waals surface area contributed by atoms with Gasteiger partial charge in [0.15, 0.2) is 0 Å². The monoisotopic (exact) mass is 197 g/mol. The topological polar surface area (TPSA) is 17.8 Å². The maximum Gasteiger partial charge on any atom is 0.290 e. The number of rotatable bonds is 2. The number of hydrogen-bond acceptors (Lipinski definition) is 2. The first-order chi connectivity index (χ1) is 5.11. The molecule has 0 atom stereocenters. The van der Waals surface area contributed by atoms with Crippen LogP contribution in [0.4, 0.5) is 8.78 Å². The maximum absolute atomic E-state index is 11.8. The van der Waals surface area contributed by atoms with Gasteiger partial charge in [0.1, 0.15) is 16.2 Å². The highest BCUT2D eigenvalue weighted by Crippen LogP contribution is 2.30. The Hall–Kier alpha value is -0.290. The third kappa shape index (κ3) is 2.07. The van der Waals surface area contributed by atoms with Crippen LogP contribution in [0.25, 0.3) is 0 Å². The Bertz CT molecular complexity index is 231. The van der Waals surface area contributed by atoms with Crippen molar-refractivity contribution in [2.75, 3.05) is 0 Å². The van der Waals surface area contributed by atoms with E-state index in [9.17, 15) is 8.78 Å². The van der Waals surface area contributed by atoms with Gasteiger partial charge in [-0.1, -0.05) is 11.6 Å². The number of thioether (sulfide) groups is 1. The lowest BCUT2D eigenvalue weighted by atomic mass is 10.7. The van der Waals surface area contributed by atoms with Crippen molar-refractivity contribution in [3.05, 3.63) is 11.2 Å². The number of halogens is 3. The normalized spacial score (nSPS) is 11.0. The molecule has 1 aromatic heterocycles. The average Bonchev–Trinajstić information content (AvgIpc) is 2.18. The Labute approximate surface area is 71.5 Å². The van der Waals surface area contributed by atoms with Crippen LogP contribution < -0.4 is 0 Å². The lowest BCUT2D eigenvalue weighted by Gasteiger charge is -1.99. The Balaban J connectivity index is 2.83. The van der Waals surface area contributed by atoms with E-state index in [4.69, 9.17) is 11.6 Å². The second-order valence-electron chi connectivity index (χ2n) is 1.73. The van der Waals surface area contributed by atoms with Crippen molar-refractivity contribution in [3.8, 4) is 0 Å². The number of aryl methyl sites for hydroxylation is 1. The fourth-order valence-corrected chi connectivity index (χ4v) is 1.37. The molecule has 1 aromatic rings. The van der Waals surface area contributed by atoms with E-state index in [1.165, 1.54) is 11.7 Å². The fraction of sp³-hybridized carbons (Fsp3) is 0.400. The third-order valence-electron chi connectivity index (χ3n) is 0.981. The molecule has 1 rings (SSSR count). The number of nitrogens with zero attached hydrogens (tertiary/aromatic N) is 2. The van der Waals surface area contributed by atoms with Gasteiger partial charge in [0, 0.05) is 7.05 Å². The molecule has 0 amide bonds. The van der Waals surface area contributed by atoms with Crippen molar-refractivity contribution in [2.24, 2.45) is 7.05 Å². The molecule has 1 radical (unpaired) electrons. The SMILES string of the molecule is Cn1n[c]c(Cl)c1SC(F)F. The van der Waals surface area contributed by atoms with Crippen LogP contribution >= 0.6 is 23.4 Å². The average molecular weight is 198 g/mol. The molecule has 0 saturated heterocycles. The first-order valence-electron chi connectivity index (χ1n) is 2.66. The summed E-state index contributed by atoms with van der Waals surface area (Å²) in [6.45, 7) is 0. The van der Waals surface area contributed by atoms with Gasteiger partial charge >= 0.3 is 0 Å². The number of hydrogen-bond donors (Lipinski definition) is 0. The zero-order chi connectivity index (χ0) is 8.43. The van der Waals surface area contributed by atoms with E-state index in [-0.39, 0.29) is 10.0 Å². The van der Waals surface area contributed by atoms with Crippen molar-refractivity contribution >= 4 is 23.4 Å². The van der Waals surface area contributed by atoms with Crippen molar-refractivity contribution in [1.29, 1.82) is 0 Å². The van der Waals surface area contributed by atoms with Crippen LogP contribution in [-0.2, 0) is 7.05 Å². The van der Waals surface area contributed by atoms with Crippen molar-refractivity contribution < 1.29 is 8.78 Å². The van der Waals surface area contributed by atoms with Crippen LogP contribution in [0.3, 0.4) is 0 Å². The van der Waals surface area contributed by atoms with E-state index in [0.29, 0.717) is 11.8 Å². The van der Waals surface area contributed by atoms with E-state index in [1.807, 2.05) is 0 Å². The molecule has 2 nitrogen and oxygen atoms in total. The zero-order valence-electron chi connectivity index (χ0n) is 5.51. The second kappa shape index (κ2) is 3.40. The highest BCUT2D eigenvalue weighted by molar-refractivity contribution is 7.99. The van der Waals surface area contributed by atoms with Crippen LogP contribution in [0.5, 0.6) is 0 Å². The summed E-state index contributed by atoms with van der Waals surface area (Å²) in [5.74, 6) is -2.48. The zero-order valence-corrected chi connectivity index (χ0v) is 7.09. The summed E-state index contributed by atoms with van der Waals surface area (Å²) in [5, 5.41) is 3.95. The van der Waals surface area contributed by atoms with Gasteiger partial charge in [-0.25, -0.2) is 0 Å². The van der Waals surface area contributed by atoms with Crippen LogP contribution in [0.2, 0.25) is 5.02 Å². The molecule has 0 aromatic carbocycles. The Kier molecular flexibility index (Phi) is 2.72. The second-order valence-corrected chi connectivity index (χ2v) is 3.09. The molecule has 1 heterocycles.